The van der Waals surface area contributed by atoms with E-state index < -0.39 is 6.09 Å². The van der Waals surface area contributed by atoms with Gasteiger partial charge in [-0.25, -0.2) is 4.79 Å². The van der Waals surface area contributed by atoms with Gasteiger partial charge in [-0.2, -0.15) is 0 Å². The van der Waals surface area contributed by atoms with Crippen LogP contribution in [0.3, 0.4) is 0 Å². The minimum Gasteiger partial charge on any atom is -0.465 e. The van der Waals surface area contributed by atoms with Crippen LogP contribution in [0.4, 0.5) is 4.79 Å². The molecule has 0 aliphatic rings. The number of alkyl halides is 1. The minimum absolute atomic E-state index is 0.0567. The predicted octanol–water partition coefficient (Wildman–Crippen LogP) is 0.450. The molecule has 0 heterocycles. The van der Waals surface area contributed by atoms with Crippen LogP contribution >= 0.6 is 15.9 Å². The Balaban J connectivity index is 3.76. The Morgan fingerprint density at radius 3 is 2.08 bits per heavy atom. The highest BCUT2D eigenvalue weighted by atomic mass is 79.9. The molecule has 0 radical (unpaired) electrons. The zero-order chi connectivity index (χ0) is 10.4. The number of halogens is 1. The fourth-order valence-electron chi connectivity index (χ4n) is 0.622. The zero-order valence-corrected chi connectivity index (χ0v) is 9.24. The van der Waals surface area contributed by atoms with Gasteiger partial charge < -0.3 is 14.9 Å². The van der Waals surface area contributed by atoms with Crippen LogP contribution in [0.1, 0.15) is 0 Å². The third-order valence-corrected chi connectivity index (χ3v) is 2.12. The monoisotopic (exact) mass is 252 g/mol. The second kappa shape index (κ2) is 5.80. The van der Waals surface area contributed by atoms with Gasteiger partial charge in [-0.1, -0.05) is 15.9 Å². The number of hydrogen-bond donors (Lipinski definition) is 1. The Kier molecular flexibility index (Phi) is 5.45. The summed E-state index contributed by atoms with van der Waals surface area (Å²) in [7, 11) is 3.11. The van der Waals surface area contributed by atoms with Gasteiger partial charge in [0.1, 0.15) is 0 Å². The van der Waals surface area contributed by atoms with Gasteiger partial charge in [0.25, 0.3) is 0 Å². The molecule has 0 fully saturated rings. The minimum atomic E-state index is -0.986. The molecule has 0 rings (SSSR count). The van der Waals surface area contributed by atoms with Crippen LogP contribution in [0.25, 0.3) is 0 Å². The molecule has 0 spiro atoms. The van der Waals surface area contributed by atoms with Gasteiger partial charge in [0.2, 0.25) is 5.91 Å². The van der Waals surface area contributed by atoms with Crippen LogP contribution in [-0.4, -0.2) is 59.4 Å². The van der Waals surface area contributed by atoms with E-state index in [1.54, 1.807) is 7.05 Å². The molecule has 5 nitrogen and oxygen atoms in total. The fraction of sp³-hybridized carbons (Fsp3) is 0.714. The van der Waals surface area contributed by atoms with Crippen molar-refractivity contribution >= 4 is 27.9 Å². The first-order valence-corrected chi connectivity index (χ1v) is 4.85. The van der Waals surface area contributed by atoms with Crippen molar-refractivity contribution in [2.75, 3.05) is 32.5 Å². The Morgan fingerprint density at radius 2 is 1.69 bits per heavy atom. The molecule has 6 heteroatoms. The molecule has 0 atom stereocenters. The number of carbonyl (C=O) groups is 2. The van der Waals surface area contributed by atoms with E-state index in [4.69, 9.17) is 5.11 Å². The molecule has 0 bridgehead atoms. The third kappa shape index (κ3) is 4.72. The van der Waals surface area contributed by atoms with Crippen LogP contribution in [0.2, 0.25) is 0 Å². The van der Waals surface area contributed by atoms with Crippen molar-refractivity contribution in [1.82, 2.24) is 9.80 Å². The van der Waals surface area contributed by atoms with Gasteiger partial charge in [0, 0.05) is 27.2 Å². The number of nitrogens with zero attached hydrogens (tertiary/aromatic N) is 2. The smallest absolute Gasteiger partial charge is 0.407 e. The fourth-order valence-corrected chi connectivity index (χ4v) is 1.05. The van der Waals surface area contributed by atoms with E-state index in [1.807, 2.05) is 0 Å². The second-order valence-corrected chi connectivity index (χ2v) is 3.21. The molecule has 0 unspecified atom stereocenters. The van der Waals surface area contributed by atoms with E-state index in [9.17, 15) is 9.59 Å². The van der Waals surface area contributed by atoms with E-state index in [0.29, 0.717) is 13.1 Å². The number of likely N-dealkylation sites (N-methyl/N-ethyl adjacent to an activating group) is 2. The highest BCUT2D eigenvalue weighted by molar-refractivity contribution is 9.09. The first-order chi connectivity index (χ1) is 5.99. The predicted molar refractivity (Wildman–Crippen MR) is 52.1 cm³/mol. The summed E-state index contributed by atoms with van der Waals surface area (Å²) < 4.78 is 0. The Labute approximate surface area is 85.4 Å². The molecule has 13 heavy (non-hydrogen) atoms. The summed E-state index contributed by atoms with van der Waals surface area (Å²) in [5.41, 5.74) is 0. The van der Waals surface area contributed by atoms with E-state index in [1.165, 1.54) is 11.9 Å². The quantitative estimate of drug-likeness (QED) is 0.740. The molecular weight excluding hydrogens is 240 g/mol. The Hall–Kier alpha value is -0.780. The molecule has 76 valence electrons. The van der Waals surface area contributed by atoms with E-state index in [0.717, 1.165) is 4.90 Å². The van der Waals surface area contributed by atoms with Crippen LogP contribution in [-0.2, 0) is 4.79 Å². The summed E-state index contributed by atoms with van der Waals surface area (Å²) in [6.45, 7) is 0.734. The van der Waals surface area contributed by atoms with Gasteiger partial charge >= 0.3 is 6.09 Å². The molecule has 0 saturated carbocycles. The van der Waals surface area contributed by atoms with Crippen molar-refractivity contribution in [1.29, 1.82) is 0 Å². The van der Waals surface area contributed by atoms with Crippen molar-refractivity contribution in [3.8, 4) is 0 Å². The maximum atomic E-state index is 11.0. The van der Waals surface area contributed by atoms with Gasteiger partial charge in [-0.3, -0.25) is 4.79 Å². The molecule has 1 N–H and O–H groups in total. The topological polar surface area (TPSA) is 60.9 Å². The number of amides is 2. The summed E-state index contributed by atoms with van der Waals surface area (Å²) in [6, 6.07) is 0. The number of carboxylic acid groups (broad SMARTS) is 1. The summed E-state index contributed by atoms with van der Waals surface area (Å²) in [5, 5.41) is 8.77. The van der Waals surface area contributed by atoms with Crippen LogP contribution in [0.5, 0.6) is 0 Å². The summed E-state index contributed by atoms with van der Waals surface area (Å²) in [4.78, 5) is 24.0. The normalized spacial score (nSPS) is 9.46. The highest BCUT2D eigenvalue weighted by Crippen LogP contribution is 1.91. The molecule has 0 aromatic heterocycles. The molecule has 2 amide bonds. The van der Waals surface area contributed by atoms with E-state index in [-0.39, 0.29) is 11.2 Å². The van der Waals surface area contributed by atoms with Crippen LogP contribution in [0.15, 0.2) is 0 Å². The lowest BCUT2D eigenvalue weighted by Gasteiger charge is -2.19. The first kappa shape index (κ1) is 12.2. The lowest BCUT2D eigenvalue weighted by Crippen LogP contribution is -2.37. The van der Waals surface area contributed by atoms with Crippen molar-refractivity contribution in [3.05, 3.63) is 0 Å². The maximum Gasteiger partial charge on any atom is 0.407 e. The van der Waals surface area contributed by atoms with Gasteiger partial charge in [-0.05, 0) is 0 Å². The molecule has 0 aromatic carbocycles. The molecule has 0 aliphatic carbocycles. The second-order valence-electron chi connectivity index (χ2n) is 2.65. The molecule has 0 saturated heterocycles. The number of hydrogen-bond acceptors (Lipinski definition) is 2. The van der Waals surface area contributed by atoms with Crippen molar-refractivity contribution in [2.24, 2.45) is 0 Å². The average Bonchev–Trinajstić information content (AvgIpc) is 2.11. The average molecular weight is 253 g/mol. The van der Waals surface area contributed by atoms with Crippen LogP contribution in [0, 0.1) is 0 Å². The molecular formula is C7H13BrN2O3. The number of rotatable bonds is 4. The van der Waals surface area contributed by atoms with Gasteiger partial charge in [-0.15, -0.1) is 0 Å². The number of carbonyl (C=O) groups excluding carboxylic acids is 1. The Bertz CT molecular complexity index is 198. The first-order valence-electron chi connectivity index (χ1n) is 3.73. The van der Waals surface area contributed by atoms with Gasteiger partial charge in [0.05, 0.1) is 5.33 Å². The molecule has 0 aromatic rings. The lowest BCUT2D eigenvalue weighted by molar-refractivity contribution is -0.127. The van der Waals surface area contributed by atoms with Crippen LogP contribution < -0.4 is 0 Å². The van der Waals surface area contributed by atoms with E-state index in [2.05, 4.69) is 15.9 Å². The van der Waals surface area contributed by atoms with Crippen molar-refractivity contribution in [3.63, 3.8) is 0 Å². The third-order valence-electron chi connectivity index (χ3n) is 1.64. The molecule has 0 aliphatic heterocycles. The highest BCUT2D eigenvalue weighted by Gasteiger charge is 2.09. The standard InChI is InChI=1S/C7H13BrN2O3/c1-9(6(11)5-8)3-4-10(2)7(12)13/h3-5H2,1-2H3,(H,12,13). The maximum absolute atomic E-state index is 11.0. The SMILES string of the molecule is CN(CCN(C)C(=O)CBr)C(=O)O. The van der Waals surface area contributed by atoms with Gasteiger partial charge in [0.15, 0.2) is 0 Å². The Morgan fingerprint density at radius 1 is 1.23 bits per heavy atom. The van der Waals surface area contributed by atoms with Crippen molar-refractivity contribution < 1.29 is 14.7 Å². The lowest BCUT2D eigenvalue weighted by atomic mass is 10.5. The summed E-state index contributed by atoms with van der Waals surface area (Å²) >= 11 is 3.03. The van der Waals surface area contributed by atoms with E-state index >= 15 is 0 Å². The largest absolute Gasteiger partial charge is 0.465 e. The summed E-state index contributed by atoms with van der Waals surface area (Å²) in [6.07, 6.45) is -0.986. The zero-order valence-electron chi connectivity index (χ0n) is 7.66. The summed E-state index contributed by atoms with van der Waals surface area (Å²) in [5.74, 6) is -0.0567. The van der Waals surface area contributed by atoms with Crippen molar-refractivity contribution in [2.45, 2.75) is 0 Å².